The lowest BCUT2D eigenvalue weighted by molar-refractivity contribution is 0.0345. The lowest BCUT2D eigenvalue weighted by atomic mass is 9.88. The van der Waals surface area contributed by atoms with E-state index in [0.717, 1.165) is 25.5 Å². The maximum Gasteiger partial charge on any atom is 0.259 e. The summed E-state index contributed by atoms with van der Waals surface area (Å²) in [5, 5.41) is 0. The van der Waals surface area contributed by atoms with Crippen LogP contribution in [0.4, 0.5) is 0 Å². The fourth-order valence-electron chi connectivity index (χ4n) is 2.17. The van der Waals surface area contributed by atoms with Gasteiger partial charge in [-0.05, 0) is 24.3 Å². The Balaban J connectivity index is 2.42. The van der Waals surface area contributed by atoms with E-state index in [1.54, 1.807) is 0 Å². The normalized spacial score (nSPS) is 28.9. The van der Waals surface area contributed by atoms with Crippen molar-refractivity contribution in [2.24, 2.45) is 5.41 Å². The van der Waals surface area contributed by atoms with Gasteiger partial charge in [-0.1, -0.05) is 34.1 Å². The Morgan fingerprint density at radius 1 is 1.31 bits per heavy atom. The zero-order chi connectivity index (χ0) is 12.4. The quantitative estimate of drug-likeness (QED) is 0.395. The number of unbranched alkanes of at least 4 members (excludes halogenated alkanes) is 1. The number of rotatable bonds is 5. The molecular weight excluding hydrogens is 259 g/mol. The summed E-state index contributed by atoms with van der Waals surface area (Å²) in [6.07, 6.45) is 3.73. The maximum atomic E-state index is 6.41. The first-order chi connectivity index (χ1) is 7.26. The van der Waals surface area contributed by atoms with Gasteiger partial charge in [0.05, 0.1) is 6.10 Å². The van der Waals surface area contributed by atoms with E-state index in [-0.39, 0.29) is 0 Å². The van der Waals surface area contributed by atoms with Crippen molar-refractivity contribution >= 4 is 28.9 Å². The molecule has 0 bridgehead atoms. The highest BCUT2D eigenvalue weighted by Crippen LogP contribution is 2.55. The van der Waals surface area contributed by atoms with Gasteiger partial charge < -0.3 is 4.74 Å². The summed E-state index contributed by atoms with van der Waals surface area (Å²) in [5.74, 6) is 0. The van der Waals surface area contributed by atoms with E-state index < -0.39 is 6.69 Å². The van der Waals surface area contributed by atoms with Crippen molar-refractivity contribution in [3.63, 3.8) is 0 Å². The van der Waals surface area contributed by atoms with Crippen molar-refractivity contribution in [1.82, 2.24) is 0 Å². The van der Waals surface area contributed by atoms with Gasteiger partial charge >= 0.3 is 0 Å². The fraction of sp³-hybridized carbons (Fsp3) is 1.00. The van der Waals surface area contributed by atoms with Crippen molar-refractivity contribution in [3.05, 3.63) is 0 Å². The predicted octanol–water partition coefficient (Wildman–Crippen LogP) is 4.91. The smallest absolute Gasteiger partial charge is 0.259 e. The van der Waals surface area contributed by atoms with Crippen molar-refractivity contribution in [1.29, 1.82) is 0 Å². The molecule has 4 heteroatoms. The first kappa shape index (κ1) is 14.8. The monoisotopic (exact) mass is 282 g/mol. The maximum absolute atomic E-state index is 6.41. The third-order valence-corrected chi connectivity index (χ3v) is 8.34. The molecule has 96 valence electrons. The average molecular weight is 283 g/mol. The molecule has 2 unspecified atom stereocenters. The Bertz CT molecular complexity index is 226. The van der Waals surface area contributed by atoms with Crippen LogP contribution in [0, 0.1) is 5.41 Å². The molecule has 2 atom stereocenters. The van der Waals surface area contributed by atoms with Gasteiger partial charge in [-0.15, -0.1) is 22.2 Å². The van der Waals surface area contributed by atoms with Crippen molar-refractivity contribution < 1.29 is 4.74 Å². The van der Waals surface area contributed by atoms with Gasteiger partial charge in [0.15, 0.2) is 0 Å². The minimum Gasteiger partial charge on any atom is -0.378 e. The molecule has 1 fully saturated rings. The largest absolute Gasteiger partial charge is 0.378 e. The molecule has 1 aliphatic rings. The Labute approximate surface area is 110 Å². The lowest BCUT2D eigenvalue weighted by Crippen LogP contribution is -2.51. The van der Waals surface area contributed by atoms with Gasteiger partial charge in [0.25, 0.3) is 6.69 Å². The van der Waals surface area contributed by atoms with E-state index >= 15 is 0 Å². The standard InChI is InChI=1S/C12H24Cl2OSi/c1-5-6-7-15-10-9-16(13,14)11(10)8-12(2,3)4/h10-11H,5-9H2,1-4H3. The zero-order valence-electron chi connectivity index (χ0n) is 10.9. The number of hydrogen-bond donors (Lipinski definition) is 0. The van der Waals surface area contributed by atoms with Gasteiger partial charge in [0, 0.05) is 12.1 Å². The second kappa shape index (κ2) is 5.60. The molecule has 0 radical (unpaired) electrons. The molecule has 1 saturated heterocycles. The Kier molecular flexibility index (Phi) is 5.18. The van der Waals surface area contributed by atoms with Crippen molar-refractivity contribution in [2.75, 3.05) is 6.61 Å². The number of ether oxygens (including phenoxy) is 1. The summed E-state index contributed by atoms with van der Waals surface area (Å²) in [5.41, 5.74) is 0.715. The third kappa shape index (κ3) is 4.21. The molecule has 1 nitrogen and oxygen atoms in total. The van der Waals surface area contributed by atoms with Crippen LogP contribution >= 0.6 is 22.2 Å². The molecule has 0 aromatic heterocycles. The topological polar surface area (TPSA) is 9.23 Å². The van der Waals surface area contributed by atoms with E-state index in [9.17, 15) is 0 Å². The molecule has 1 heterocycles. The third-order valence-electron chi connectivity index (χ3n) is 3.13. The van der Waals surface area contributed by atoms with E-state index in [0.29, 0.717) is 17.1 Å². The van der Waals surface area contributed by atoms with E-state index in [2.05, 4.69) is 27.7 Å². The minimum atomic E-state index is -1.99. The van der Waals surface area contributed by atoms with Crippen LogP contribution in [0.3, 0.4) is 0 Å². The van der Waals surface area contributed by atoms with Gasteiger partial charge in [-0.25, -0.2) is 0 Å². The molecule has 1 aliphatic heterocycles. The van der Waals surface area contributed by atoms with Gasteiger partial charge in [0.2, 0.25) is 0 Å². The Morgan fingerprint density at radius 3 is 2.38 bits per heavy atom. The summed E-state index contributed by atoms with van der Waals surface area (Å²) in [7, 11) is 0. The van der Waals surface area contributed by atoms with Gasteiger partial charge in [0.1, 0.15) is 0 Å². The molecule has 0 aromatic rings. The first-order valence-electron chi connectivity index (χ1n) is 6.26. The van der Waals surface area contributed by atoms with Crippen molar-refractivity contribution in [3.8, 4) is 0 Å². The Morgan fingerprint density at radius 2 is 1.94 bits per heavy atom. The van der Waals surface area contributed by atoms with Gasteiger partial charge in [-0.2, -0.15) is 0 Å². The van der Waals surface area contributed by atoms with Crippen LogP contribution in [0.1, 0.15) is 47.0 Å². The van der Waals surface area contributed by atoms with Crippen LogP contribution in [0.15, 0.2) is 0 Å². The van der Waals surface area contributed by atoms with E-state index in [1.165, 1.54) is 6.42 Å². The van der Waals surface area contributed by atoms with E-state index in [1.807, 2.05) is 0 Å². The van der Waals surface area contributed by atoms with Crippen LogP contribution in [0.5, 0.6) is 0 Å². The summed E-state index contributed by atoms with van der Waals surface area (Å²) in [6.45, 7) is 7.78. The highest BCUT2D eigenvalue weighted by Gasteiger charge is 2.56. The average Bonchev–Trinajstić information content (AvgIpc) is 2.12. The molecule has 16 heavy (non-hydrogen) atoms. The minimum absolute atomic E-state index is 0.291. The molecule has 0 N–H and O–H groups in total. The molecule has 0 aliphatic carbocycles. The summed E-state index contributed by atoms with van der Waals surface area (Å²) in [4.78, 5) is 0. The fourth-order valence-corrected chi connectivity index (χ4v) is 6.86. The van der Waals surface area contributed by atoms with Crippen LogP contribution in [0.2, 0.25) is 11.6 Å². The highest BCUT2D eigenvalue weighted by molar-refractivity contribution is 7.47. The van der Waals surface area contributed by atoms with Gasteiger partial charge in [-0.3, -0.25) is 0 Å². The second-order valence-electron chi connectivity index (χ2n) is 6.10. The first-order valence-corrected chi connectivity index (χ1v) is 10.6. The highest BCUT2D eigenvalue weighted by atomic mass is 35.7. The molecule has 1 rings (SSSR count). The van der Waals surface area contributed by atoms with Crippen LogP contribution in [0.25, 0.3) is 0 Å². The number of halogens is 2. The SMILES string of the molecule is CCCCOC1C[Si](Cl)(Cl)C1CC(C)(C)C. The van der Waals surface area contributed by atoms with Crippen LogP contribution < -0.4 is 0 Å². The van der Waals surface area contributed by atoms with Crippen LogP contribution in [-0.4, -0.2) is 19.4 Å². The molecule has 0 saturated carbocycles. The number of hydrogen-bond acceptors (Lipinski definition) is 1. The van der Waals surface area contributed by atoms with Crippen LogP contribution in [-0.2, 0) is 4.74 Å². The summed E-state index contributed by atoms with van der Waals surface area (Å²) in [6, 6.07) is 0.917. The second-order valence-corrected chi connectivity index (χ2v) is 13.4. The summed E-state index contributed by atoms with van der Waals surface area (Å²) < 4.78 is 5.88. The molecule has 0 spiro atoms. The van der Waals surface area contributed by atoms with E-state index in [4.69, 9.17) is 26.9 Å². The molecule has 0 amide bonds. The Hall–Kier alpha value is 0.757. The zero-order valence-corrected chi connectivity index (χ0v) is 13.4. The molecule has 0 aromatic carbocycles. The lowest BCUT2D eigenvalue weighted by Gasteiger charge is -2.47. The summed E-state index contributed by atoms with van der Waals surface area (Å²) >= 11 is 12.8. The van der Waals surface area contributed by atoms with Crippen molar-refractivity contribution in [2.45, 2.75) is 64.6 Å². The molecular formula is C12H24Cl2OSi. The predicted molar refractivity (Wildman–Crippen MR) is 74.7 cm³/mol.